The maximum absolute atomic E-state index is 12.7. The molecule has 0 spiro atoms. The summed E-state index contributed by atoms with van der Waals surface area (Å²) in [4.78, 5) is 10.0. The molecule has 0 unspecified atom stereocenters. The molecule has 1 aliphatic heterocycles. The third-order valence-electron chi connectivity index (χ3n) is 3.86. The second-order valence-electron chi connectivity index (χ2n) is 5.53. The molecule has 1 fully saturated rings. The van der Waals surface area contributed by atoms with Crippen LogP contribution >= 0.6 is 0 Å². The van der Waals surface area contributed by atoms with Gasteiger partial charge in [-0.15, -0.1) is 0 Å². The Morgan fingerprint density at radius 2 is 1.67 bits per heavy atom. The van der Waals surface area contributed by atoms with Gasteiger partial charge in [0.25, 0.3) is 0 Å². The van der Waals surface area contributed by atoms with Crippen molar-refractivity contribution in [2.75, 3.05) is 26.7 Å². The highest BCUT2D eigenvalue weighted by Crippen LogP contribution is 2.28. The van der Waals surface area contributed by atoms with Gasteiger partial charge in [-0.2, -0.15) is 4.31 Å². The number of hydrogen-bond acceptors (Lipinski definition) is 5. The van der Waals surface area contributed by atoms with E-state index in [1.165, 1.54) is 35.6 Å². The lowest BCUT2D eigenvalue weighted by Gasteiger charge is -2.21. The van der Waals surface area contributed by atoms with Crippen LogP contribution in [0.15, 0.2) is 34.1 Å². The van der Waals surface area contributed by atoms with Gasteiger partial charge < -0.3 is 5.11 Å². The fraction of sp³-hybridized carbons (Fsp3) is 0.500. The first-order chi connectivity index (χ1) is 11.2. The molecule has 0 atom stereocenters. The molecule has 1 heterocycles. The Balaban J connectivity index is 2.43. The second-order valence-corrected chi connectivity index (χ2v) is 9.45. The largest absolute Gasteiger partial charge is 0.481 e. The number of hydrogen-bond donors (Lipinski definition) is 1. The van der Waals surface area contributed by atoms with Gasteiger partial charge in [-0.05, 0) is 25.0 Å². The number of carbonyl (C=O) groups is 1. The van der Waals surface area contributed by atoms with Gasteiger partial charge >= 0.3 is 5.97 Å². The summed E-state index contributed by atoms with van der Waals surface area (Å²) in [7, 11) is -6.79. The molecular formula is C14H20N2O6S2. The number of sulfonamides is 2. The average Bonchev–Trinajstić information content (AvgIpc) is 3.07. The van der Waals surface area contributed by atoms with Crippen molar-refractivity contribution in [3.8, 4) is 0 Å². The number of benzene rings is 1. The predicted octanol–water partition coefficient (Wildman–Crippen LogP) is 0.566. The molecule has 0 radical (unpaired) electrons. The number of aliphatic carboxylic acids is 1. The van der Waals surface area contributed by atoms with Crippen molar-refractivity contribution in [1.82, 2.24) is 8.61 Å². The summed E-state index contributed by atoms with van der Waals surface area (Å²) in [6.07, 6.45) is 1.12. The Labute approximate surface area is 141 Å². The van der Waals surface area contributed by atoms with Crippen molar-refractivity contribution in [2.24, 2.45) is 0 Å². The zero-order chi connectivity index (χ0) is 18.0. The van der Waals surface area contributed by atoms with Gasteiger partial charge in [-0.3, -0.25) is 4.79 Å². The molecule has 1 aromatic carbocycles. The highest BCUT2D eigenvalue weighted by Gasteiger charge is 2.34. The SMILES string of the molecule is CN(CCC(=O)O)S(=O)(=O)c1ccccc1S(=O)(=O)N1CCCC1. The summed E-state index contributed by atoms with van der Waals surface area (Å²) in [5, 5.41) is 8.70. The van der Waals surface area contributed by atoms with Gasteiger partial charge in [0.05, 0.1) is 6.42 Å². The van der Waals surface area contributed by atoms with E-state index < -0.39 is 26.0 Å². The highest BCUT2D eigenvalue weighted by atomic mass is 32.2. The van der Waals surface area contributed by atoms with E-state index in [1.54, 1.807) is 0 Å². The van der Waals surface area contributed by atoms with Gasteiger partial charge in [0, 0.05) is 26.7 Å². The summed E-state index contributed by atoms with van der Waals surface area (Å²) in [5.74, 6) is -1.13. The van der Waals surface area contributed by atoms with Gasteiger partial charge in [0.2, 0.25) is 20.0 Å². The number of carboxylic acid groups (broad SMARTS) is 1. The molecule has 0 amide bonds. The lowest BCUT2D eigenvalue weighted by Crippen LogP contribution is -2.33. The number of carboxylic acids is 1. The lowest BCUT2D eigenvalue weighted by molar-refractivity contribution is -0.137. The van der Waals surface area contributed by atoms with Crippen molar-refractivity contribution in [3.05, 3.63) is 24.3 Å². The van der Waals surface area contributed by atoms with Crippen LogP contribution in [0, 0.1) is 0 Å². The molecule has 0 aromatic heterocycles. The van der Waals surface area contributed by atoms with Crippen molar-refractivity contribution in [1.29, 1.82) is 0 Å². The first kappa shape index (κ1) is 18.8. The van der Waals surface area contributed by atoms with Gasteiger partial charge in [-0.1, -0.05) is 12.1 Å². The molecule has 0 bridgehead atoms. The van der Waals surface area contributed by atoms with Gasteiger partial charge in [0.15, 0.2) is 0 Å². The van der Waals surface area contributed by atoms with Crippen LogP contribution in [0.2, 0.25) is 0 Å². The number of nitrogens with zero attached hydrogens (tertiary/aromatic N) is 2. The van der Waals surface area contributed by atoms with E-state index in [-0.39, 0.29) is 22.8 Å². The molecule has 1 aliphatic rings. The van der Waals surface area contributed by atoms with E-state index >= 15 is 0 Å². The molecule has 0 aliphatic carbocycles. The molecule has 134 valence electrons. The molecule has 0 saturated carbocycles. The van der Waals surface area contributed by atoms with Crippen molar-refractivity contribution < 1.29 is 26.7 Å². The minimum absolute atomic E-state index is 0.240. The zero-order valence-electron chi connectivity index (χ0n) is 13.3. The molecule has 2 rings (SSSR count). The van der Waals surface area contributed by atoms with Crippen LogP contribution in [-0.2, 0) is 24.8 Å². The summed E-state index contributed by atoms with van der Waals surface area (Å²) in [6, 6.07) is 5.42. The van der Waals surface area contributed by atoms with Crippen molar-refractivity contribution >= 4 is 26.0 Å². The fourth-order valence-electron chi connectivity index (χ4n) is 2.49. The predicted molar refractivity (Wildman–Crippen MR) is 86.5 cm³/mol. The summed E-state index contributed by atoms with van der Waals surface area (Å²) < 4.78 is 53.0. The Morgan fingerprint density at radius 3 is 2.21 bits per heavy atom. The van der Waals surface area contributed by atoms with E-state index in [9.17, 15) is 21.6 Å². The van der Waals surface area contributed by atoms with E-state index in [4.69, 9.17) is 5.11 Å². The quantitative estimate of drug-likeness (QED) is 0.744. The second kappa shape index (κ2) is 7.18. The van der Waals surface area contributed by atoms with Crippen LogP contribution < -0.4 is 0 Å². The molecule has 1 aromatic rings. The fourth-order valence-corrected chi connectivity index (χ4v) is 5.95. The van der Waals surface area contributed by atoms with Crippen LogP contribution in [0.5, 0.6) is 0 Å². The van der Waals surface area contributed by atoms with Crippen LogP contribution in [0.1, 0.15) is 19.3 Å². The Morgan fingerprint density at radius 1 is 1.12 bits per heavy atom. The van der Waals surface area contributed by atoms with E-state index in [1.807, 2.05) is 0 Å². The Kier molecular flexibility index (Phi) is 5.63. The summed E-state index contributed by atoms with van der Waals surface area (Å²) in [6.45, 7) is 0.493. The van der Waals surface area contributed by atoms with Crippen LogP contribution in [0.3, 0.4) is 0 Å². The third-order valence-corrected chi connectivity index (χ3v) is 7.86. The molecule has 1 saturated heterocycles. The number of rotatable bonds is 7. The van der Waals surface area contributed by atoms with E-state index in [0.29, 0.717) is 13.1 Å². The molecule has 1 N–H and O–H groups in total. The summed E-state index contributed by atoms with van der Waals surface area (Å²) in [5.41, 5.74) is 0. The average molecular weight is 376 g/mol. The van der Waals surface area contributed by atoms with Crippen molar-refractivity contribution in [3.63, 3.8) is 0 Å². The highest BCUT2D eigenvalue weighted by molar-refractivity contribution is 7.92. The van der Waals surface area contributed by atoms with Gasteiger partial charge in [0.1, 0.15) is 9.79 Å². The molecular weight excluding hydrogens is 356 g/mol. The maximum Gasteiger partial charge on any atom is 0.304 e. The lowest BCUT2D eigenvalue weighted by atomic mass is 10.4. The first-order valence-corrected chi connectivity index (χ1v) is 10.3. The van der Waals surface area contributed by atoms with Crippen LogP contribution in [0.4, 0.5) is 0 Å². The third kappa shape index (κ3) is 3.77. The van der Waals surface area contributed by atoms with E-state index in [0.717, 1.165) is 17.1 Å². The molecule has 8 nitrogen and oxygen atoms in total. The van der Waals surface area contributed by atoms with Crippen LogP contribution in [0.25, 0.3) is 0 Å². The zero-order valence-corrected chi connectivity index (χ0v) is 14.9. The monoisotopic (exact) mass is 376 g/mol. The summed E-state index contributed by atoms with van der Waals surface area (Å²) >= 11 is 0. The first-order valence-electron chi connectivity index (χ1n) is 7.44. The normalized spacial score (nSPS) is 16.6. The van der Waals surface area contributed by atoms with Gasteiger partial charge in [-0.25, -0.2) is 21.1 Å². The van der Waals surface area contributed by atoms with Crippen molar-refractivity contribution in [2.45, 2.75) is 29.1 Å². The van der Waals surface area contributed by atoms with E-state index in [2.05, 4.69) is 0 Å². The van der Waals surface area contributed by atoms with Crippen LogP contribution in [-0.4, -0.2) is 63.2 Å². The minimum atomic E-state index is -4.11. The standard InChI is InChI=1S/C14H20N2O6S2/c1-15(11-8-14(17)18)23(19,20)12-6-2-3-7-13(12)24(21,22)16-9-4-5-10-16/h2-3,6-7H,4-5,8-11H2,1H3,(H,17,18). The smallest absolute Gasteiger partial charge is 0.304 e. The Hall–Kier alpha value is -1.49. The topological polar surface area (TPSA) is 112 Å². The maximum atomic E-state index is 12.7. The Bertz CT molecular complexity index is 813. The molecule has 24 heavy (non-hydrogen) atoms. The minimum Gasteiger partial charge on any atom is -0.481 e. The molecule has 10 heteroatoms.